The molecule has 1 aromatic rings. The Morgan fingerprint density at radius 3 is 2.42 bits per heavy atom. The molecule has 0 amide bonds. The highest BCUT2D eigenvalue weighted by molar-refractivity contribution is 7.89. The SMILES string of the molecule is N#CC1CCN(S(=O)(=O)c2ccc(OC3CCCC3)c(F)c2)CC1. The van der Waals surface area contributed by atoms with Gasteiger partial charge in [-0.3, -0.25) is 0 Å². The van der Waals surface area contributed by atoms with Crippen LogP contribution in [0.1, 0.15) is 38.5 Å². The molecular formula is C17H21FN2O3S. The maximum Gasteiger partial charge on any atom is 0.243 e. The fourth-order valence-corrected chi connectivity index (χ4v) is 4.78. The molecule has 3 rings (SSSR count). The zero-order valence-electron chi connectivity index (χ0n) is 13.4. The Labute approximate surface area is 142 Å². The van der Waals surface area contributed by atoms with E-state index in [0.29, 0.717) is 25.9 Å². The third-order valence-electron chi connectivity index (χ3n) is 4.77. The summed E-state index contributed by atoms with van der Waals surface area (Å²) in [5.41, 5.74) is 0. The lowest BCUT2D eigenvalue weighted by molar-refractivity contribution is 0.200. The summed E-state index contributed by atoms with van der Waals surface area (Å²) in [4.78, 5) is -0.0609. The maximum atomic E-state index is 14.3. The van der Waals surface area contributed by atoms with Crippen LogP contribution in [-0.2, 0) is 10.0 Å². The molecule has 2 fully saturated rings. The summed E-state index contributed by atoms with van der Waals surface area (Å²) >= 11 is 0. The second kappa shape index (κ2) is 7.08. The van der Waals surface area contributed by atoms with E-state index in [1.165, 1.54) is 16.4 Å². The molecule has 1 saturated heterocycles. The van der Waals surface area contributed by atoms with E-state index in [0.717, 1.165) is 31.7 Å². The molecule has 1 saturated carbocycles. The smallest absolute Gasteiger partial charge is 0.243 e. The molecular weight excluding hydrogens is 331 g/mol. The van der Waals surface area contributed by atoms with Crippen molar-refractivity contribution in [1.29, 1.82) is 5.26 Å². The van der Waals surface area contributed by atoms with Crippen molar-refractivity contribution in [3.63, 3.8) is 0 Å². The first-order valence-electron chi connectivity index (χ1n) is 8.36. The Morgan fingerprint density at radius 1 is 1.17 bits per heavy atom. The lowest BCUT2D eigenvalue weighted by atomic mass is 10.0. The highest BCUT2D eigenvalue weighted by Crippen LogP contribution is 2.29. The van der Waals surface area contributed by atoms with Crippen molar-refractivity contribution in [3.05, 3.63) is 24.0 Å². The number of halogens is 1. The lowest BCUT2D eigenvalue weighted by Gasteiger charge is -2.28. The van der Waals surface area contributed by atoms with E-state index < -0.39 is 15.8 Å². The zero-order valence-corrected chi connectivity index (χ0v) is 14.3. The molecule has 130 valence electrons. The molecule has 0 N–H and O–H groups in total. The van der Waals surface area contributed by atoms with Crippen molar-refractivity contribution in [1.82, 2.24) is 4.31 Å². The van der Waals surface area contributed by atoms with E-state index in [-0.39, 0.29) is 22.7 Å². The number of hydrogen-bond donors (Lipinski definition) is 0. The molecule has 24 heavy (non-hydrogen) atoms. The molecule has 7 heteroatoms. The number of hydrogen-bond acceptors (Lipinski definition) is 4. The summed E-state index contributed by atoms with van der Waals surface area (Å²) in [6.07, 6.45) is 5.03. The van der Waals surface area contributed by atoms with E-state index in [1.807, 2.05) is 0 Å². The number of benzene rings is 1. The van der Waals surface area contributed by atoms with Crippen molar-refractivity contribution in [2.75, 3.05) is 13.1 Å². The summed E-state index contributed by atoms with van der Waals surface area (Å²) in [6.45, 7) is 0.588. The van der Waals surface area contributed by atoms with Crippen LogP contribution in [0.2, 0.25) is 0 Å². The van der Waals surface area contributed by atoms with Gasteiger partial charge in [0, 0.05) is 19.0 Å². The lowest BCUT2D eigenvalue weighted by Crippen LogP contribution is -2.38. The highest BCUT2D eigenvalue weighted by Gasteiger charge is 2.30. The molecule has 0 bridgehead atoms. The summed E-state index contributed by atoms with van der Waals surface area (Å²) < 4.78 is 46.5. The fourth-order valence-electron chi connectivity index (χ4n) is 3.30. The minimum absolute atomic E-state index is 0.0203. The van der Waals surface area contributed by atoms with Crippen LogP contribution in [0.25, 0.3) is 0 Å². The van der Waals surface area contributed by atoms with Crippen LogP contribution in [0, 0.1) is 23.1 Å². The van der Waals surface area contributed by atoms with Gasteiger partial charge in [0.15, 0.2) is 11.6 Å². The second-order valence-electron chi connectivity index (χ2n) is 6.42. The van der Waals surface area contributed by atoms with Crippen LogP contribution in [0.4, 0.5) is 4.39 Å². The van der Waals surface area contributed by atoms with Gasteiger partial charge in [-0.05, 0) is 56.7 Å². The first-order chi connectivity index (χ1) is 11.5. The van der Waals surface area contributed by atoms with Crippen LogP contribution in [0.5, 0.6) is 5.75 Å². The molecule has 1 aliphatic carbocycles. The Morgan fingerprint density at radius 2 is 1.83 bits per heavy atom. The average Bonchev–Trinajstić information content (AvgIpc) is 3.09. The van der Waals surface area contributed by atoms with Crippen LogP contribution < -0.4 is 4.74 Å². The molecule has 0 unspecified atom stereocenters. The second-order valence-corrected chi connectivity index (χ2v) is 8.36. The van der Waals surface area contributed by atoms with Gasteiger partial charge < -0.3 is 4.74 Å². The van der Waals surface area contributed by atoms with E-state index >= 15 is 0 Å². The van der Waals surface area contributed by atoms with Gasteiger partial charge in [0.25, 0.3) is 0 Å². The number of ether oxygens (including phenoxy) is 1. The van der Waals surface area contributed by atoms with Gasteiger partial charge in [-0.15, -0.1) is 0 Å². The standard InChI is InChI=1S/C17H21FN2O3S/c18-16-11-15(5-6-17(16)23-14-3-1-2-4-14)24(21,22)20-9-7-13(12-19)8-10-20/h5-6,11,13-14H,1-4,7-10H2. The van der Waals surface area contributed by atoms with Crippen LogP contribution in [0.15, 0.2) is 23.1 Å². The topological polar surface area (TPSA) is 70.4 Å². The summed E-state index contributed by atoms with van der Waals surface area (Å²) in [7, 11) is -3.73. The summed E-state index contributed by atoms with van der Waals surface area (Å²) in [5.74, 6) is -0.630. The van der Waals surface area contributed by atoms with Crippen LogP contribution in [-0.4, -0.2) is 31.9 Å². The van der Waals surface area contributed by atoms with E-state index in [1.54, 1.807) is 0 Å². The predicted octanol–water partition coefficient (Wildman–Crippen LogP) is 3.07. The Kier molecular flexibility index (Phi) is 5.07. The first-order valence-corrected chi connectivity index (χ1v) is 9.80. The molecule has 0 aromatic heterocycles. The molecule has 0 spiro atoms. The van der Waals surface area contributed by atoms with E-state index in [9.17, 15) is 12.8 Å². The monoisotopic (exact) mass is 352 g/mol. The van der Waals surface area contributed by atoms with Gasteiger partial charge >= 0.3 is 0 Å². The van der Waals surface area contributed by atoms with E-state index in [4.69, 9.17) is 10.00 Å². The molecule has 1 aromatic carbocycles. The van der Waals surface area contributed by atoms with Gasteiger partial charge in [0.2, 0.25) is 10.0 Å². The zero-order chi connectivity index (χ0) is 17.2. The quantitative estimate of drug-likeness (QED) is 0.835. The Bertz CT molecular complexity index is 731. The summed E-state index contributed by atoms with van der Waals surface area (Å²) in [5, 5.41) is 8.90. The molecule has 0 atom stereocenters. The van der Waals surface area contributed by atoms with Crippen molar-refractivity contribution >= 4 is 10.0 Å². The van der Waals surface area contributed by atoms with Crippen LogP contribution >= 0.6 is 0 Å². The van der Waals surface area contributed by atoms with E-state index in [2.05, 4.69) is 6.07 Å². The average molecular weight is 352 g/mol. The Balaban J connectivity index is 1.74. The van der Waals surface area contributed by atoms with Crippen LogP contribution in [0.3, 0.4) is 0 Å². The minimum atomic E-state index is -3.73. The third kappa shape index (κ3) is 3.55. The van der Waals surface area contributed by atoms with Gasteiger partial charge in [0.05, 0.1) is 17.1 Å². The van der Waals surface area contributed by atoms with Gasteiger partial charge in [-0.2, -0.15) is 9.57 Å². The first kappa shape index (κ1) is 17.2. The molecule has 5 nitrogen and oxygen atoms in total. The van der Waals surface area contributed by atoms with Crippen molar-refractivity contribution in [2.45, 2.75) is 49.5 Å². The number of piperidine rings is 1. The number of sulfonamides is 1. The van der Waals surface area contributed by atoms with Crippen molar-refractivity contribution in [2.24, 2.45) is 5.92 Å². The van der Waals surface area contributed by atoms with Gasteiger partial charge in [-0.1, -0.05) is 0 Å². The number of rotatable bonds is 4. The molecule has 0 radical (unpaired) electrons. The van der Waals surface area contributed by atoms with Crippen molar-refractivity contribution < 1.29 is 17.5 Å². The largest absolute Gasteiger partial charge is 0.487 e. The predicted molar refractivity (Wildman–Crippen MR) is 86.4 cm³/mol. The molecule has 2 aliphatic rings. The van der Waals surface area contributed by atoms with Crippen molar-refractivity contribution in [3.8, 4) is 11.8 Å². The normalized spacial score (nSPS) is 20.8. The minimum Gasteiger partial charge on any atom is -0.487 e. The van der Waals surface area contributed by atoms with Gasteiger partial charge in [-0.25, -0.2) is 12.8 Å². The third-order valence-corrected chi connectivity index (χ3v) is 6.67. The number of nitrogens with zero attached hydrogens (tertiary/aromatic N) is 2. The fraction of sp³-hybridized carbons (Fsp3) is 0.588. The molecule has 1 aliphatic heterocycles. The summed E-state index contributed by atoms with van der Waals surface area (Å²) in [6, 6.07) is 6.01. The molecule has 1 heterocycles. The van der Waals surface area contributed by atoms with Gasteiger partial charge in [0.1, 0.15) is 0 Å². The highest BCUT2D eigenvalue weighted by atomic mass is 32.2. The number of nitriles is 1. The Hall–Kier alpha value is -1.65. The maximum absolute atomic E-state index is 14.3.